The summed E-state index contributed by atoms with van der Waals surface area (Å²) in [5, 5.41) is 0. The molecule has 0 aliphatic carbocycles. The maximum atomic E-state index is 12.6. The van der Waals surface area contributed by atoms with Gasteiger partial charge in [0.2, 0.25) is 0 Å². The lowest BCUT2D eigenvalue weighted by molar-refractivity contribution is -0.197. The Morgan fingerprint density at radius 3 is 2.04 bits per heavy atom. The van der Waals surface area contributed by atoms with Crippen LogP contribution in [0.25, 0.3) is 0 Å². The van der Waals surface area contributed by atoms with E-state index in [-0.39, 0.29) is 5.78 Å². The fourth-order valence-corrected chi connectivity index (χ4v) is 3.05. The first kappa shape index (κ1) is 21.1. The first-order valence-electron chi connectivity index (χ1n) is 9.16. The zero-order valence-electron chi connectivity index (χ0n) is 17.1. The highest BCUT2D eigenvalue weighted by Gasteiger charge is 2.44. The van der Waals surface area contributed by atoms with Gasteiger partial charge in [-0.2, -0.15) is 0 Å². The van der Waals surface area contributed by atoms with Crippen molar-refractivity contribution in [2.24, 2.45) is 0 Å². The monoisotopic (exact) mass is 370 g/mol. The molecule has 4 nitrogen and oxygen atoms in total. The summed E-state index contributed by atoms with van der Waals surface area (Å²) >= 11 is 0. The fourth-order valence-electron chi connectivity index (χ4n) is 3.05. The van der Waals surface area contributed by atoms with E-state index in [4.69, 9.17) is 14.2 Å². The standard InChI is InChI=1S/C23H30O4/c1-17(24)23(5,27-22(2,3)4)21(19-10-8-7-9-11-19)26-16-18-12-14-20(25-6)15-13-18/h7-15,21H,16H2,1-6H3/t21-,23+/m0/s1. The summed E-state index contributed by atoms with van der Waals surface area (Å²) in [7, 11) is 1.64. The predicted octanol–water partition coefficient (Wildman–Crippen LogP) is 5.12. The van der Waals surface area contributed by atoms with Crippen LogP contribution in [0.4, 0.5) is 0 Å². The lowest BCUT2D eigenvalue weighted by Crippen LogP contribution is -2.48. The number of hydrogen-bond acceptors (Lipinski definition) is 4. The molecule has 0 spiro atoms. The molecular formula is C23H30O4. The zero-order valence-corrected chi connectivity index (χ0v) is 17.1. The molecule has 2 aromatic rings. The molecule has 0 unspecified atom stereocenters. The van der Waals surface area contributed by atoms with E-state index < -0.39 is 17.3 Å². The van der Waals surface area contributed by atoms with Crippen molar-refractivity contribution in [2.75, 3.05) is 7.11 Å². The summed E-state index contributed by atoms with van der Waals surface area (Å²) in [5.41, 5.74) is 0.314. The van der Waals surface area contributed by atoms with Crippen molar-refractivity contribution in [3.8, 4) is 5.75 Å². The Labute approximate surface area is 162 Å². The number of hydrogen-bond donors (Lipinski definition) is 0. The van der Waals surface area contributed by atoms with Gasteiger partial charge in [0, 0.05) is 0 Å². The number of carbonyl (C=O) groups is 1. The van der Waals surface area contributed by atoms with E-state index >= 15 is 0 Å². The van der Waals surface area contributed by atoms with Gasteiger partial charge in [0.25, 0.3) is 0 Å². The lowest BCUT2D eigenvalue weighted by atomic mass is 9.88. The second-order valence-corrected chi connectivity index (χ2v) is 7.83. The number of methoxy groups -OCH3 is 1. The molecule has 0 bridgehead atoms. The molecule has 0 saturated heterocycles. The Bertz CT molecular complexity index is 731. The molecule has 0 fully saturated rings. The molecular weight excluding hydrogens is 340 g/mol. The molecule has 0 aromatic heterocycles. The van der Waals surface area contributed by atoms with Gasteiger partial charge in [-0.15, -0.1) is 0 Å². The molecule has 2 aromatic carbocycles. The van der Waals surface area contributed by atoms with E-state index in [1.165, 1.54) is 0 Å². The minimum atomic E-state index is -1.11. The molecule has 0 radical (unpaired) electrons. The van der Waals surface area contributed by atoms with Crippen LogP contribution in [0.3, 0.4) is 0 Å². The van der Waals surface area contributed by atoms with Crippen LogP contribution in [-0.4, -0.2) is 24.1 Å². The topological polar surface area (TPSA) is 44.8 Å². The number of Topliss-reactive ketones (excluding diaryl/α,β-unsaturated/α-hetero) is 1. The third-order valence-electron chi connectivity index (χ3n) is 4.40. The second-order valence-electron chi connectivity index (χ2n) is 7.83. The molecule has 4 heteroatoms. The minimum Gasteiger partial charge on any atom is -0.497 e. The fraction of sp³-hybridized carbons (Fsp3) is 0.435. The molecule has 2 rings (SSSR count). The van der Waals surface area contributed by atoms with Gasteiger partial charge in [0.1, 0.15) is 11.9 Å². The minimum absolute atomic E-state index is 0.0685. The lowest BCUT2D eigenvalue weighted by Gasteiger charge is -2.40. The number of carbonyl (C=O) groups excluding carboxylic acids is 1. The molecule has 0 aliphatic rings. The predicted molar refractivity (Wildman–Crippen MR) is 107 cm³/mol. The molecule has 27 heavy (non-hydrogen) atoms. The summed E-state index contributed by atoms with van der Waals surface area (Å²) in [5.74, 6) is 0.726. The van der Waals surface area contributed by atoms with E-state index in [1.54, 1.807) is 14.0 Å². The summed E-state index contributed by atoms with van der Waals surface area (Å²) in [6.07, 6.45) is -0.530. The molecule has 2 atom stereocenters. The molecule has 0 heterocycles. The molecule has 0 amide bonds. The van der Waals surface area contributed by atoms with Crippen LogP contribution < -0.4 is 4.74 Å². The quantitative estimate of drug-likeness (QED) is 0.647. The number of rotatable bonds is 8. The summed E-state index contributed by atoms with van der Waals surface area (Å²) in [4.78, 5) is 12.6. The van der Waals surface area contributed by atoms with E-state index in [0.717, 1.165) is 16.9 Å². The highest BCUT2D eigenvalue weighted by molar-refractivity contribution is 5.85. The maximum absolute atomic E-state index is 12.6. The molecule has 0 aliphatic heterocycles. The van der Waals surface area contributed by atoms with Crippen molar-refractivity contribution >= 4 is 5.78 Å². The normalized spacial score (nSPS) is 15.0. The zero-order chi connectivity index (χ0) is 20.1. The number of benzene rings is 2. The van der Waals surface area contributed by atoms with Gasteiger partial charge in [-0.3, -0.25) is 4.79 Å². The number of ether oxygens (including phenoxy) is 3. The Kier molecular flexibility index (Phi) is 6.79. The maximum Gasteiger partial charge on any atom is 0.164 e. The third-order valence-corrected chi connectivity index (χ3v) is 4.40. The van der Waals surface area contributed by atoms with Crippen molar-refractivity contribution < 1.29 is 19.0 Å². The van der Waals surface area contributed by atoms with E-state index in [2.05, 4.69) is 0 Å². The van der Waals surface area contributed by atoms with Crippen LogP contribution in [0.1, 0.15) is 51.8 Å². The van der Waals surface area contributed by atoms with Gasteiger partial charge in [-0.25, -0.2) is 0 Å². The van der Waals surface area contributed by atoms with Crippen molar-refractivity contribution in [2.45, 2.75) is 58.5 Å². The largest absolute Gasteiger partial charge is 0.497 e. The molecule has 0 N–H and O–H groups in total. The van der Waals surface area contributed by atoms with Crippen molar-refractivity contribution in [3.63, 3.8) is 0 Å². The van der Waals surface area contributed by atoms with E-state index in [0.29, 0.717) is 6.61 Å². The van der Waals surface area contributed by atoms with Gasteiger partial charge >= 0.3 is 0 Å². The van der Waals surface area contributed by atoms with Crippen molar-refractivity contribution in [3.05, 3.63) is 65.7 Å². The number of ketones is 1. The SMILES string of the molecule is COc1ccc(CO[C@@H](c2ccccc2)[C@](C)(OC(C)(C)C)C(C)=O)cc1. The van der Waals surface area contributed by atoms with Gasteiger partial charge in [0.05, 0.1) is 19.3 Å². The smallest absolute Gasteiger partial charge is 0.164 e. The Morgan fingerprint density at radius 2 is 1.56 bits per heavy atom. The van der Waals surface area contributed by atoms with Gasteiger partial charge in [-0.05, 0) is 57.9 Å². The highest BCUT2D eigenvalue weighted by Crippen LogP contribution is 2.37. The average Bonchev–Trinajstić information content (AvgIpc) is 2.61. The van der Waals surface area contributed by atoms with Crippen LogP contribution in [0, 0.1) is 0 Å². The molecule has 0 saturated carbocycles. The first-order valence-corrected chi connectivity index (χ1v) is 9.16. The van der Waals surface area contributed by atoms with Gasteiger partial charge in [0.15, 0.2) is 11.4 Å². The third kappa shape index (κ3) is 5.65. The summed E-state index contributed by atoms with van der Waals surface area (Å²) in [6.45, 7) is 9.56. The van der Waals surface area contributed by atoms with Gasteiger partial charge in [-0.1, -0.05) is 42.5 Å². The Morgan fingerprint density at radius 1 is 0.963 bits per heavy atom. The Hall–Kier alpha value is -2.17. The van der Waals surface area contributed by atoms with Crippen LogP contribution in [0.2, 0.25) is 0 Å². The van der Waals surface area contributed by atoms with Crippen molar-refractivity contribution in [1.82, 2.24) is 0 Å². The summed E-state index contributed by atoms with van der Waals surface area (Å²) in [6, 6.07) is 17.5. The molecule has 146 valence electrons. The van der Waals surface area contributed by atoms with Crippen LogP contribution in [0.5, 0.6) is 5.75 Å². The average molecular weight is 370 g/mol. The van der Waals surface area contributed by atoms with E-state index in [9.17, 15) is 4.79 Å². The first-order chi connectivity index (χ1) is 12.7. The van der Waals surface area contributed by atoms with E-state index in [1.807, 2.05) is 82.3 Å². The van der Waals surface area contributed by atoms with Crippen LogP contribution >= 0.6 is 0 Å². The van der Waals surface area contributed by atoms with Crippen LogP contribution in [-0.2, 0) is 20.9 Å². The summed E-state index contributed by atoms with van der Waals surface area (Å²) < 4.78 is 17.7. The highest BCUT2D eigenvalue weighted by atomic mass is 16.6. The Balaban J connectivity index is 2.33. The van der Waals surface area contributed by atoms with Crippen molar-refractivity contribution in [1.29, 1.82) is 0 Å². The van der Waals surface area contributed by atoms with Crippen LogP contribution in [0.15, 0.2) is 54.6 Å². The van der Waals surface area contributed by atoms with Gasteiger partial charge < -0.3 is 14.2 Å². The second kappa shape index (κ2) is 8.68.